The maximum atomic E-state index is 14.4. The van der Waals surface area contributed by atoms with Crippen LogP contribution in [0.25, 0.3) is 16.7 Å². The fourth-order valence-corrected chi connectivity index (χ4v) is 3.39. The molecule has 3 heterocycles. The first-order chi connectivity index (χ1) is 12.5. The van der Waals surface area contributed by atoms with Crippen LogP contribution in [0.15, 0.2) is 36.7 Å². The molecule has 2 aromatic heterocycles. The summed E-state index contributed by atoms with van der Waals surface area (Å²) in [6.45, 7) is 5.29. The van der Waals surface area contributed by atoms with E-state index in [0.717, 1.165) is 23.1 Å². The second-order valence-electron chi connectivity index (χ2n) is 7.03. The van der Waals surface area contributed by atoms with Gasteiger partial charge in [0.1, 0.15) is 17.7 Å². The molecule has 4 rings (SSSR count). The van der Waals surface area contributed by atoms with E-state index in [0.29, 0.717) is 36.8 Å². The third kappa shape index (κ3) is 3.04. The van der Waals surface area contributed by atoms with Crippen LogP contribution in [0.2, 0.25) is 0 Å². The highest BCUT2D eigenvalue weighted by molar-refractivity contribution is 5.75. The van der Waals surface area contributed by atoms with Crippen LogP contribution in [0.4, 0.5) is 14.5 Å². The molecule has 4 nitrogen and oxygen atoms in total. The molecule has 6 heteroatoms. The average molecular weight is 356 g/mol. The minimum absolute atomic E-state index is 0.353. The molecule has 1 saturated heterocycles. The summed E-state index contributed by atoms with van der Waals surface area (Å²) >= 11 is 0. The molecule has 3 aromatic rings. The van der Waals surface area contributed by atoms with Gasteiger partial charge in [0.05, 0.1) is 0 Å². The van der Waals surface area contributed by atoms with Gasteiger partial charge in [-0.15, -0.1) is 5.10 Å². The summed E-state index contributed by atoms with van der Waals surface area (Å²) < 4.78 is 29.5. The summed E-state index contributed by atoms with van der Waals surface area (Å²) in [5.41, 5.74) is 2.91. The van der Waals surface area contributed by atoms with Crippen molar-refractivity contribution in [3.8, 4) is 5.69 Å². The zero-order chi connectivity index (χ0) is 18.3. The SMILES string of the molecule is CCC(C)c1cnc2nn(-c3cc(N4CC[C@@H](F)C4)ccc3F)cc2c1. The zero-order valence-corrected chi connectivity index (χ0v) is 15.0. The molecule has 0 saturated carbocycles. The van der Waals surface area contributed by atoms with E-state index in [4.69, 9.17) is 0 Å². The number of nitrogens with zero attached hydrogens (tertiary/aromatic N) is 4. The highest BCUT2D eigenvalue weighted by Crippen LogP contribution is 2.27. The smallest absolute Gasteiger partial charge is 0.181 e. The predicted molar refractivity (Wildman–Crippen MR) is 99.3 cm³/mol. The Bertz CT molecular complexity index is 937. The number of aromatic nitrogens is 3. The van der Waals surface area contributed by atoms with Crippen molar-refractivity contribution in [2.75, 3.05) is 18.0 Å². The molecule has 2 atom stereocenters. The number of fused-ring (bicyclic) bond motifs is 1. The molecule has 1 fully saturated rings. The van der Waals surface area contributed by atoms with Crippen molar-refractivity contribution in [2.45, 2.75) is 38.8 Å². The lowest BCUT2D eigenvalue weighted by Gasteiger charge is -2.18. The largest absolute Gasteiger partial charge is 0.368 e. The molecule has 0 N–H and O–H groups in total. The van der Waals surface area contributed by atoms with E-state index >= 15 is 0 Å². The lowest BCUT2D eigenvalue weighted by atomic mass is 10.0. The van der Waals surface area contributed by atoms with Crippen LogP contribution in [0.5, 0.6) is 0 Å². The molecule has 1 aromatic carbocycles. The Labute approximate surface area is 151 Å². The monoisotopic (exact) mass is 356 g/mol. The molecule has 0 radical (unpaired) electrons. The highest BCUT2D eigenvalue weighted by atomic mass is 19.1. The Morgan fingerprint density at radius 3 is 2.88 bits per heavy atom. The van der Waals surface area contributed by atoms with Gasteiger partial charge in [-0.2, -0.15) is 0 Å². The number of alkyl halides is 1. The summed E-state index contributed by atoms with van der Waals surface area (Å²) in [6, 6.07) is 6.91. The fourth-order valence-electron chi connectivity index (χ4n) is 3.39. The Balaban J connectivity index is 1.72. The number of hydrogen-bond acceptors (Lipinski definition) is 3. The average Bonchev–Trinajstić information content (AvgIpc) is 3.26. The zero-order valence-electron chi connectivity index (χ0n) is 15.0. The van der Waals surface area contributed by atoms with Crippen LogP contribution in [-0.2, 0) is 0 Å². The Hall–Kier alpha value is -2.50. The Morgan fingerprint density at radius 1 is 1.31 bits per heavy atom. The summed E-state index contributed by atoms with van der Waals surface area (Å²) in [5.74, 6) is 0.0545. The molecule has 0 amide bonds. The lowest BCUT2D eigenvalue weighted by molar-refractivity contribution is 0.364. The van der Waals surface area contributed by atoms with Gasteiger partial charge >= 0.3 is 0 Å². The molecule has 136 valence electrons. The fraction of sp³-hybridized carbons (Fsp3) is 0.400. The van der Waals surface area contributed by atoms with Crippen molar-refractivity contribution < 1.29 is 8.78 Å². The van der Waals surface area contributed by atoms with E-state index in [1.54, 1.807) is 18.3 Å². The Morgan fingerprint density at radius 2 is 2.15 bits per heavy atom. The number of pyridine rings is 1. The normalized spacial score (nSPS) is 18.6. The van der Waals surface area contributed by atoms with Gasteiger partial charge < -0.3 is 4.90 Å². The van der Waals surface area contributed by atoms with E-state index in [1.165, 1.54) is 10.7 Å². The predicted octanol–water partition coefficient (Wildman–Crippen LogP) is 4.62. The van der Waals surface area contributed by atoms with E-state index in [9.17, 15) is 8.78 Å². The van der Waals surface area contributed by atoms with Crippen molar-refractivity contribution >= 4 is 16.7 Å². The van der Waals surface area contributed by atoms with Gasteiger partial charge in [-0.05, 0) is 48.6 Å². The molecule has 0 aliphatic carbocycles. The van der Waals surface area contributed by atoms with Gasteiger partial charge in [0.15, 0.2) is 5.65 Å². The van der Waals surface area contributed by atoms with Crippen molar-refractivity contribution in [1.82, 2.24) is 14.8 Å². The van der Waals surface area contributed by atoms with Crippen LogP contribution >= 0.6 is 0 Å². The van der Waals surface area contributed by atoms with Gasteiger partial charge in [0.2, 0.25) is 0 Å². The first-order valence-electron chi connectivity index (χ1n) is 9.09. The van der Waals surface area contributed by atoms with Crippen LogP contribution in [0.1, 0.15) is 38.2 Å². The second kappa shape index (κ2) is 6.67. The maximum absolute atomic E-state index is 14.4. The van der Waals surface area contributed by atoms with Gasteiger partial charge in [0, 0.05) is 36.6 Å². The quantitative estimate of drug-likeness (QED) is 0.684. The molecular weight excluding hydrogens is 334 g/mol. The minimum Gasteiger partial charge on any atom is -0.368 e. The molecule has 0 bridgehead atoms. The minimum atomic E-state index is -0.820. The first-order valence-corrected chi connectivity index (χ1v) is 9.09. The van der Waals surface area contributed by atoms with E-state index in [1.807, 2.05) is 11.1 Å². The Kier molecular flexibility index (Phi) is 4.34. The highest BCUT2D eigenvalue weighted by Gasteiger charge is 2.23. The lowest BCUT2D eigenvalue weighted by Crippen LogP contribution is -2.20. The molecular formula is C20H22F2N4. The third-order valence-corrected chi connectivity index (χ3v) is 5.23. The number of halogens is 2. The van der Waals surface area contributed by atoms with Crippen molar-refractivity contribution in [2.24, 2.45) is 0 Å². The van der Waals surface area contributed by atoms with Crippen LogP contribution < -0.4 is 4.90 Å². The summed E-state index contributed by atoms with van der Waals surface area (Å²) in [4.78, 5) is 6.36. The van der Waals surface area contributed by atoms with Crippen LogP contribution in [0, 0.1) is 5.82 Å². The number of rotatable bonds is 4. The number of hydrogen-bond donors (Lipinski definition) is 0. The van der Waals surface area contributed by atoms with E-state index < -0.39 is 6.17 Å². The summed E-state index contributed by atoms with van der Waals surface area (Å²) in [6.07, 6.45) is 4.37. The standard InChI is InChI=1S/C20H22F2N4/c1-3-13(2)14-8-15-11-26(24-20(15)23-10-14)19-9-17(4-5-18(19)22)25-7-6-16(21)12-25/h4-5,8-11,13,16H,3,6-7,12H2,1-2H3/t13?,16-/m1/s1. The molecule has 1 aliphatic heterocycles. The van der Waals surface area contributed by atoms with E-state index in [2.05, 4.69) is 30.0 Å². The first kappa shape index (κ1) is 16.9. The third-order valence-electron chi connectivity index (χ3n) is 5.23. The van der Waals surface area contributed by atoms with Gasteiger partial charge in [-0.25, -0.2) is 18.4 Å². The van der Waals surface area contributed by atoms with Crippen LogP contribution in [0.3, 0.4) is 0 Å². The molecule has 26 heavy (non-hydrogen) atoms. The van der Waals surface area contributed by atoms with Gasteiger partial charge in [0.25, 0.3) is 0 Å². The van der Waals surface area contributed by atoms with Crippen molar-refractivity contribution in [1.29, 1.82) is 0 Å². The van der Waals surface area contributed by atoms with Crippen LogP contribution in [-0.4, -0.2) is 34.0 Å². The number of anilines is 1. The molecule has 1 aliphatic rings. The van der Waals surface area contributed by atoms with Crippen molar-refractivity contribution in [3.63, 3.8) is 0 Å². The number of benzene rings is 1. The van der Waals surface area contributed by atoms with Gasteiger partial charge in [-0.3, -0.25) is 0 Å². The molecule has 1 unspecified atom stereocenters. The van der Waals surface area contributed by atoms with Gasteiger partial charge in [-0.1, -0.05) is 13.8 Å². The summed E-state index contributed by atoms with van der Waals surface area (Å²) in [7, 11) is 0. The second-order valence-corrected chi connectivity index (χ2v) is 7.03. The maximum Gasteiger partial charge on any atom is 0.181 e. The van der Waals surface area contributed by atoms with Crippen molar-refractivity contribution in [3.05, 3.63) is 48.0 Å². The molecule has 0 spiro atoms. The van der Waals surface area contributed by atoms with E-state index in [-0.39, 0.29) is 5.82 Å². The summed E-state index contributed by atoms with van der Waals surface area (Å²) in [5, 5.41) is 5.31. The topological polar surface area (TPSA) is 34.0 Å².